The molecule has 5 nitrogen and oxygen atoms in total. The van der Waals surface area contributed by atoms with Crippen LogP contribution in [0.5, 0.6) is 0 Å². The number of carboxylic acid groups (broad SMARTS) is 1. The fourth-order valence-corrected chi connectivity index (χ4v) is 4.31. The van der Waals surface area contributed by atoms with Crippen LogP contribution in [0.3, 0.4) is 0 Å². The maximum absolute atomic E-state index is 12.6. The van der Waals surface area contributed by atoms with Gasteiger partial charge in [-0.3, -0.25) is 9.59 Å². The normalized spacial score (nSPS) is 12.7. The van der Waals surface area contributed by atoms with Gasteiger partial charge >= 0.3 is 5.97 Å². The van der Waals surface area contributed by atoms with Gasteiger partial charge < -0.3 is 15.1 Å². The van der Waals surface area contributed by atoms with Gasteiger partial charge in [0.15, 0.2) is 0 Å². The lowest BCUT2D eigenvalue weighted by Gasteiger charge is -2.19. The second-order valence-electron chi connectivity index (χ2n) is 8.63. The molecule has 0 spiro atoms. The average Bonchev–Trinajstić information content (AvgIpc) is 2.87. The highest BCUT2D eigenvalue weighted by Gasteiger charge is 2.23. The topological polar surface area (TPSA) is 77.8 Å². The quantitative estimate of drug-likeness (QED) is 0.331. The van der Waals surface area contributed by atoms with Gasteiger partial charge in [0.2, 0.25) is 0 Å². The lowest BCUT2D eigenvalue weighted by atomic mass is 9.90. The van der Waals surface area contributed by atoms with Crippen LogP contribution in [-0.2, 0) is 11.2 Å². The van der Waals surface area contributed by atoms with Gasteiger partial charge in [-0.05, 0) is 79.6 Å². The van der Waals surface area contributed by atoms with Gasteiger partial charge in [-0.15, -0.1) is 0 Å². The first-order chi connectivity index (χ1) is 16.8. The predicted octanol–water partition coefficient (Wildman–Crippen LogP) is 6.25. The molecule has 0 aliphatic rings. The Morgan fingerprint density at radius 1 is 0.914 bits per heavy atom. The summed E-state index contributed by atoms with van der Waals surface area (Å²) >= 11 is 5.95. The summed E-state index contributed by atoms with van der Waals surface area (Å²) in [6, 6.07) is 22.4. The van der Waals surface area contributed by atoms with Gasteiger partial charge in [-0.25, -0.2) is 0 Å². The third-order valence-electron chi connectivity index (χ3n) is 6.34. The molecule has 6 heteroatoms. The summed E-state index contributed by atoms with van der Waals surface area (Å²) in [6.45, 7) is 5.16. The molecule has 0 aliphatic heterocycles. The van der Waals surface area contributed by atoms with Crippen molar-refractivity contribution in [2.24, 2.45) is 5.92 Å². The van der Waals surface area contributed by atoms with Gasteiger partial charge in [0.05, 0.1) is 12.0 Å². The molecule has 2 N–H and O–H groups in total. The molecule has 0 bridgehead atoms. The molecule has 0 radical (unpaired) electrons. The molecule has 3 rings (SSSR count). The Bertz CT molecular complexity index is 1120. The van der Waals surface area contributed by atoms with Crippen LogP contribution in [-0.4, -0.2) is 40.1 Å². The number of aliphatic hydroxyl groups is 1. The number of rotatable bonds is 11. The second-order valence-corrected chi connectivity index (χ2v) is 9.07. The van der Waals surface area contributed by atoms with E-state index in [0.29, 0.717) is 42.1 Å². The first kappa shape index (κ1) is 26.5. The molecule has 1 amide bonds. The average molecular weight is 494 g/mol. The summed E-state index contributed by atoms with van der Waals surface area (Å²) in [5.41, 5.74) is 4.21. The highest BCUT2D eigenvalue weighted by Crippen LogP contribution is 2.28. The van der Waals surface area contributed by atoms with Crippen LogP contribution in [0.4, 0.5) is 0 Å². The van der Waals surface area contributed by atoms with Crippen molar-refractivity contribution in [1.29, 1.82) is 0 Å². The zero-order valence-corrected chi connectivity index (χ0v) is 20.9. The number of aliphatic carboxylic acids is 1. The SMILES string of the molecule is CCN(CC)C(=O)c1cccc(CCC(CC(O)c2ccc(-c3ccc(Cl)cc3)cc2)C(=O)O)c1. The number of benzene rings is 3. The van der Waals surface area contributed by atoms with E-state index in [4.69, 9.17) is 11.6 Å². The second kappa shape index (κ2) is 12.5. The molecule has 0 saturated carbocycles. The lowest BCUT2D eigenvalue weighted by molar-refractivity contribution is -0.143. The van der Waals surface area contributed by atoms with Crippen LogP contribution < -0.4 is 0 Å². The van der Waals surface area contributed by atoms with Crippen molar-refractivity contribution in [2.75, 3.05) is 13.1 Å². The number of carbonyl (C=O) groups is 2. The fraction of sp³-hybridized carbons (Fsp3) is 0.310. The molecule has 0 saturated heterocycles. The standard InChI is InChI=1S/C29H32ClNO4/c1-3-31(4-2)28(33)24-7-5-6-20(18-24)8-9-25(29(34)35)19-27(32)23-12-10-21(11-13-23)22-14-16-26(30)17-15-22/h5-7,10-18,25,27,32H,3-4,8-9,19H2,1-2H3,(H,34,35). The number of aryl methyl sites for hydroxylation is 1. The summed E-state index contributed by atoms with van der Waals surface area (Å²) in [7, 11) is 0. The summed E-state index contributed by atoms with van der Waals surface area (Å²) in [5, 5.41) is 21.2. The van der Waals surface area contributed by atoms with Crippen LogP contribution in [0.1, 0.15) is 54.3 Å². The minimum atomic E-state index is -0.933. The van der Waals surface area contributed by atoms with E-state index in [-0.39, 0.29) is 12.3 Å². The Balaban J connectivity index is 1.63. The van der Waals surface area contributed by atoms with Gasteiger partial charge in [0.1, 0.15) is 0 Å². The number of nitrogens with zero attached hydrogens (tertiary/aromatic N) is 1. The van der Waals surface area contributed by atoms with Gasteiger partial charge in [0.25, 0.3) is 5.91 Å². The molecule has 0 aromatic heterocycles. The number of carbonyl (C=O) groups excluding carboxylic acids is 1. The number of aliphatic hydroxyl groups excluding tert-OH is 1. The molecule has 0 heterocycles. The fourth-order valence-electron chi connectivity index (χ4n) is 4.18. The lowest BCUT2D eigenvalue weighted by Crippen LogP contribution is -2.30. The number of carboxylic acids is 1. The van der Waals surface area contributed by atoms with Crippen LogP contribution >= 0.6 is 11.6 Å². The first-order valence-corrected chi connectivity index (χ1v) is 12.3. The Labute approximate surface area is 212 Å². The van der Waals surface area contributed by atoms with Crippen LogP contribution in [0.2, 0.25) is 5.02 Å². The van der Waals surface area contributed by atoms with Crippen molar-refractivity contribution in [3.63, 3.8) is 0 Å². The van der Waals surface area contributed by atoms with E-state index in [1.165, 1.54) is 0 Å². The van der Waals surface area contributed by atoms with Crippen molar-refractivity contribution in [3.05, 3.63) is 94.5 Å². The number of amides is 1. The predicted molar refractivity (Wildman–Crippen MR) is 140 cm³/mol. The summed E-state index contributed by atoms with van der Waals surface area (Å²) in [4.78, 5) is 26.3. The summed E-state index contributed by atoms with van der Waals surface area (Å²) in [5.74, 6) is -1.66. The van der Waals surface area contributed by atoms with Gasteiger partial charge in [0, 0.05) is 23.7 Å². The minimum absolute atomic E-state index is 0.0240. The van der Waals surface area contributed by atoms with Crippen molar-refractivity contribution in [2.45, 2.75) is 39.2 Å². The van der Waals surface area contributed by atoms with Crippen molar-refractivity contribution in [3.8, 4) is 11.1 Å². The Morgan fingerprint density at radius 3 is 2.09 bits per heavy atom. The Morgan fingerprint density at radius 2 is 1.51 bits per heavy atom. The van der Waals surface area contributed by atoms with E-state index in [9.17, 15) is 19.8 Å². The largest absolute Gasteiger partial charge is 0.481 e. The maximum Gasteiger partial charge on any atom is 0.306 e. The number of halogens is 1. The monoisotopic (exact) mass is 493 g/mol. The molecule has 3 aromatic rings. The van der Waals surface area contributed by atoms with Crippen molar-refractivity contribution < 1.29 is 19.8 Å². The first-order valence-electron chi connectivity index (χ1n) is 12.0. The van der Waals surface area contributed by atoms with E-state index in [2.05, 4.69) is 0 Å². The molecule has 35 heavy (non-hydrogen) atoms. The molecular weight excluding hydrogens is 462 g/mol. The molecule has 0 fully saturated rings. The van der Waals surface area contributed by atoms with Crippen LogP contribution in [0.25, 0.3) is 11.1 Å². The van der Waals surface area contributed by atoms with Crippen LogP contribution in [0, 0.1) is 5.92 Å². The zero-order valence-electron chi connectivity index (χ0n) is 20.2. The van der Waals surface area contributed by atoms with E-state index in [0.717, 1.165) is 16.7 Å². The molecule has 2 unspecified atom stereocenters. The molecule has 3 aromatic carbocycles. The highest BCUT2D eigenvalue weighted by molar-refractivity contribution is 6.30. The number of hydrogen-bond acceptors (Lipinski definition) is 3. The van der Waals surface area contributed by atoms with E-state index >= 15 is 0 Å². The van der Waals surface area contributed by atoms with Gasteiger partial charge in [-0.2, -0.15) is 0 Å². The maximum atomic E-state index is 12.6. The smallest absolute Gasteiger partial charge is 0.306 e. The summed E-state index contributed by atoms with van der Waals surface area (Å²) < 4.78 is 0. The van der Waals surface area contributed by atoms with E-state index < -0.39 is 18.0 Å². The van der Waals surface area contributed by atoms with E-state index in [1.54, 1.807) is 11.0 Å². The molecule has 2 atom stereocenters. The molecular formula is C29H32ClNO4. The third kappa shape index (κ3) is 7.17. The minimum Gasteiger partial charge on any atom is -0.481 e. The highest BCUT2D eigenvalue weighted by atomic mass is 35.5. The Hall–Kier alpha value is -3.15. The van der Waals surface area contributed by atoms with Gasteiger partial charge in [-0.1, -0.05) is 60.1 Å². The molecule has 184 valence electrons. The van der Waals surface area contributed by atoms with Crippen LogP contribution in [0.15, 0.2) is 72.8 Å². The molecule has 0 aliphatic carbocycles. The zero-order chi connectivity index (χ0) is 25.4. The van der Waals surface area contributed by atoms with E-state index in [1.807, 2.05) is 80.6 Å². The Kier molecular flexibility index (Phi) is 9.47. The van der Waals surface area contributed by atoms with Crippen molar-refractivity contribution >= 4 is 23.5 Å². The summed E-state index contributed by atoms with van der Waals surface area (Å²) in [6.07, 6.45) is 0.121. The number of hydrogen-bond donors (Lipinski definition) is 2. The third-order valence-corrected chi connectivity index (χ3v) is 6.59. The van der Waals surface area contributed by atoms with Crippen molar-refractivity contribution in [1.82, 2.24) is 4.90 Å².